The summed E-state index contributed by atoms with van der Waals surface area (Å²) < 4.78 is 11.7. The first kappa shape index (κ1) is 17.9. The number of hydrogen-bond acceptors (Lipinski definition) is 3. The van der Waals surface area contributed by atoms with E-state index in [4.69, 9.17) is 9.47 Å². The van der Waals surface area contributed by atoms with Gasteiger partial charge in [0, 0.05) is 11.3 Å². The number of ketones is 1. The number of fused-ring (bicyclic) bond motifs is 5. The number of allylic oxidation sites excluding steroid dienone is 6. The first-order valence-corrected chi connectivity index (χ1v) is 10.8. The monoisotopic (exact) mass is 368 g/mol. The summed E-state index contributed by atoms with van der Waals surface area (Å²) in [7, 11) is 0. The van der Waals surface area contributed by atoms with Gasteiger partial charge in [-0.2, -0.15) is 0 Å². The molecule has 1 aliphatic heterocycles. The molecule has 7 atom stereocenters. The minimum Gasteiger partial charge on any atom is -0.350 e. The van der Waals surface area contributed by atoms with E-state index in [-0.39, 0.29) is 17.5 Å². The second-order valence-electron chi connectivity index (χ2n) is 9.96. The summed E-state index contributed by atoms with van der Waals surface area (Å²) in [6, 6.07) is 0. The molecule has 0 aromatic carbocycles. The Labute approximate surface area is 162 Å². The van der Waals surface area contributed by atoms with Crippen LogP contribution in [-0.4, -0.2) is 25.3 Å². The predicted molar refractivity (Wildman–Crippen MR) is 105 cm³/mol. The van der Waals surface area contributed by atoms with E-state index in [9.17, 15) is 4.79 Å². The van der Waals surface area contributed by atoms with Gasteiger partial charge < -0.3 is 9.47 Å². The summed E-state index contributed by atoms with van der Waals surface area (Å²) in [6.45, 7) is 8.72. The van der Waals surface area contributed by atoms with E-state index in [1.807, 2.05) is 6.08 Å². The molecule has 27 heavy (non-hydrogen) atoms. The molecule has 0 aromatic rings. The Hall–Kier alpha value is -1.19. The third kappa shape index (κ3) is 2.50. The molecule has 146 valence electrons. The lowest BCUT2D eigenvalue weighted by Crippen LogP contribution is -2.49. The van der Waals surface area contributed by atoms with Crippen molar-refractivity contribution in [3.05, 3.63) is 36.0 Å². The largest absolute Gasteiger partial charge is 0.350 e. The Morgan fingerprint density at radius 2 is 1.85 bits per heavy atom. The molecule has 0 amide bonds. The van der Waals surface area contributed by atoms with Gasteiger partial charge in [0.25, 0.3) is 0 Å². The molecule has 2 saturated carbocycles. The molecule has 1 heterocycles. The molecule has 4 aliphatic carbocycles. The van der Waals surface area contributed by atoms with Gasteiger partial charge >= 0.3 is 0 Å². The van der Waals surface area contributed by atoms with Gasteiger partial charge in [0.05, 0.1) is 13.2 Å². The van der Waals surface area contributed by atoms with Gasteiger partial charge in [-0.25, -0.2) is 0 Å². The average Bonchev–Trinajstić information content (AvgIpc) is 3.29. The summed E-state index contributed by atoms with van der Waals surface area (Å²) in [4.78, 5) is 11.9. The second-order valence-corrected chi connectivity index (χ2v) is 9.96. The maximum atomic E-state index is 11.9. The lowest BCUT2D eigenvalue weighted by atomic mass is 9.49. The second kappa shape index (κ2) is 6.15. The molecule has 0 aromatic heterocycles. The van der Waals surface area contributed by atoms with Crippen molar-refractivity contribution in [1.82, 2.24) is 0 Å². The number of hydrogen-bond donors (Lipinski definition) is 0. The number of ether oxygens (including phenoxy) is 2. The molecule has 1 saturated heterocycles. The van der Waals surface area contributed by atoms with Crippen LogP contribution in [0.3, 0.4) is 0 Å². The maximum Gasteiger partial charge on any atom is 0.178 e. The number of carbonyl (C=O) groups excluding carboxylic acids is 1. The zero-order valence-electron chi connectivity index (χ0n) is 16.8. The van der Waals surface area contributed by atoms with Crippen LogP contribution in [0.4, 0.5) is 0 Å². The first-order chi connectivity index (χ1) is 12.9. The maximum absolute atomic E-state index is 11.9. The normalized spacial score (nSPS) is 47.4. The fourth-order valence-electron chi connectivity index (χ4n) is 7.43. The van der Waals surface area contributed by atoms with Crippen molar-refractivity contribution in [1.29, 1.82) is 0 Å². The summed E-state index contributed by atoms with van der Waals surface area (Å²) in [5, 5.41) is 0. The molecule has 0 N–H and O–H groups in total. The SMILES string of the molecule is CC(C1OCCO1)[C@H]1CC[C@H]2[C@@H]3C=CC4=CC(=O)C=C[C@]4(C)[C@H]3CC[C@]12C. The van der Waals surface area contributed by atoms with E-state index in [1.165, 1.54) is 31.3 Å². The van der Waals surface area contributed by atoms with Crippen LogP contribution in [0, 0.1) is 40.4 Å². The van der Waals surface area contributed by atoms with Crippen molar-refractivity contribution < 1.29 is 14.3 Å². The van der Waals surface area contributed by atoms with Crippen molar-refractivity contribution >= 4 is 5.78 Å². The standard InChI is InChI=1S/C24H32O3/c1-15(22-26-12-13-27-22)19-6-7-20-18-5-4-16-14-17(25)8-10-23(16,2)21(18)9-11-24(19,20)3/h4-5,8,10,14-15,18-22H,6-7,9,11-13H2,1-3H3/t15?,18-,19+,20-,21-,23-,24+/m0/s1. The van der Waals surface area contributed by atoms with E-state index in [1.54, 1.807) is 6.08 Å². The molecule has 0 radical (unpaired) electrons. The van der Waals surface area contributed by atoms with Crippen LogP contribution in [-0.2, 0) is 14.3 Å². The van der Waals surface area contributed by atoms with Crippen LogP contribution in [0.15, 0.2) is 36.0 Å². The van der Waals surface area contributed by atoms with Crippen LogP contribution in [0.5, 0.6) is 0 Å². The highest BCUT2D eigenvalue weighted by Gasteiger charge is 2.59. The fourth-order valence-corrected chi connectivity index (χ4v) is 7.43. The van der Waals surface area contributed by atoms with Crippen LogP contribution < -0.4 is 0 Å². The minimum absolute atomic E-state index is 0.00969. The van der Waals surface area contributed by atoms with Gasteiger partial charge in [-0.15, -0.1) is 0 Å². The first-order valence-electron chi connectivity index (χ1n) is 10.8. The fraction of sp³-hybridized carbons (Fsp3) is 0.708. The van der Waals surface area contributed by atoms with Crippen molar-refractivity contribution in [3.8, 4) is 0 Å². The Bertz CT molecular complexity index is 728. The zero-order valence-corrected chi connectivity index (χ0v) is 16.8. The topological polar surface area (TPSA) is 35.5 Å². The summed E-state index contributed by atoms with van der Waals surface area (Å²) in [5.41, 5.74) is 1.61. The molecule has 0 spiro atoms. The smallest absolute Gasteiger partial charge is 0.178 e. The average molecular weight is 369 g/mol. The third-order valence-corrected chi connectivity index (χ3v) is 8.90. The molecule has 3 nitrogen and oxygen atoms in total. The van der Waals surface area contributed by atoms with E-state index in [2.05, 4.69) is 39.0 Å². The molecule has 3 fully saturated rings. The van der Waals surface area contributed by atoms with Gasteiger partial charge in [-0.1, -0.05) is 39.0 Å². The van der Waals surface area contributed by atoms with E-state index in [0.717, 1.165) is 19.1 Å². The van der Waals surface area contributed by atoms with Gasteiger partial charge in [0.2, 0.25) is 0 Å². The highest BCUT2D eigenvalue weighted by atomic mass is 16.7. The zero-order chi connectivity index (χ0) is 18.8. The Balaban J connectivity index is 1.45. The van der Waals surface area contributed by atoms with Crippen LogP contribution in [0.1, 0.15) is 46.5 Å². The Morgan fingerprint density at radius 3 is 2.63 bits per heavy atom. The molecular weight excluding hydrogens is 336 g/mol. The summed E-state index contributed by atoms with van der Waals surface area (Å²) in [5.74, 6) is 3.23. The predicted octanol–water partition coefficient (Wildman–Crippen LogP) is 4.70. The van der Waals surface area contributed by atoms with Crippen molar-refractivity contribution in [3.63, 3.8) is 0 Å². The Kier molecular flexibility index (Phi) is 4.07. The van der Waals surface area contributed by atoms with Crippen molar-refractivity contribution in [2.75, 3.05) is 13.2 Å². The quantitative estimate of drug-likeness (QED) is 0.709. The lowest BCUT2D eigenvalue weighted by Gasteiger charge is -2.55. The molecular formula is C24H32O3. The van der Waals surface area contributed by atoms with Crippen molar-refractivity contribution in [2.45, 2.75) is 52.7 Å². The van der Waals surface area contributed by atoms with E-state index < -0.39 is 0 Å². The lowest BCUT2D eigenvalue weighted by molar-refractivity contribution is -0.117. The van der Waals surface area contributed by atoms with E-state index >= 15 is 0 Å². The van der Waals surface area contributed by atoms with Crippen molar-refractivity contribution in [2.24, 2.45) is 40.4 Å². The molecule has 0 bridgehead atoms. The van der Waals surface area contributed by atoms with Gasteiger partial charge in [-0.05, 0) is 72.5 Å². The number of carbonyl (C=O) groups is 1. The molecule has 3 heteroatoms. The van der Waals surface area contributed by atoms with Gasteiger partial charge in [0.1, 0.15) is 0 Å². The Morgan fingerprint density at radius 1 is 1.07 bits per heavy atom. The minimum atomic E-state index is -0.00969. The molecule has 1 unspecified atom stereocenters. The molecule has 5 rings (SSSR count). The van der Waals surface area contributed by atoms with E-state index in [0.29, 0.717) is 29.1 Å². The number of rotatable bonds is 2. The van der Waals surface area contributed by atoms with Crippen LogP contribution in [0.2, 0.25) is 0 Å². The summed E-state index contributed by atoms with van der Waals surface area (Å²) >= 11 is 0. The van der Waals surface area contributed by atoms with Crippen LogP contribution in [0.25, 0.3) is 0 Å². The third-order valence-electron chi connectivity index (χ3n) is 8.90. The van der Waals surface area contributed by atoms with Gasteiger partial charge in [0.15, 0.2) is 12.1 Å². The van der Waals surface area contributed by atoms with Gasteiger partial charge in [-0.3, -0.25) is 4.79 Å². The summed E-state index contributed by atoms with van der Waals surface area (Å²) in [6.07, 6.45) is 15.7. The highest BCUT2D eigenvalue weighted by molar-refractivity contribution is 6.01. The molecule has 5 aliphatic rings. The highest BCUT2D eigenvalue weighted by Crippen LogP contribution is 2.65. The van der Waals surface area contributed by atoms with Crippen LogP contribution >= 0.6 is 0 Å².